The number of carbonyl (C=O) groups is 1. The molecule has 0 aliphatic rings. The Morgan fingerprint density at radius 1 is 1.14 bits per heavy atom. The third-order valence-corrected chi connectivity index (χ3v) is 2.72. The second-order valence-electron chi connectivity index (χ2n) is 5.20. The van der Waals surface area contributed by atoms with Gasteiger partial charge in [0, 0.05) is 12.5 Å². The maximum atomic E-state index is 13.5. The van der Waals surface area contributed by atoms with Crippen molar-refractivity contribution in [2.45, 2.75) is 20.3 Å². The number of nitrogens with one attached hydrogen (secondary N) is 2. The van der Waals surface area contributed by atoms with Crippen LogP contribution >= 0.6 is 0 Å². The van der Waals surface area contributed by atoms with E-state index in [4.69, 9.17) is 0 Å². The Morgan fingerprint density at radius 2 is 1.82 bits per heavy atom. The van der Waals surface area contributed by atoms with Gasteiger partial charge in [-0.05, 0) is 30.2 Å². The zero-order chi connectivity index (χ0) is 16.1. The molecule has 1 aromatic heterocycles. The number of hydrogen-bond donors (Lipinski definition) is 2. The lowest BCUT2D eigenvalue weighted by molar-refractivity contribution is -0.116. The molecular weight excluding hydrogens is 290 g/mol. The van der Waals surface area contributed by atoms with E-state index in [2.05, 4.69) is 20.8 Å². The summed E-state index contributed by atoms with van der Waals surface area (Å²) in [5.74, 6) is -0.679. The van der Waals surface area contributed by atoms with Crippen LogP contribution in [0.15, 0.2) is 30.3 Å². The minimum absolute atomic E-state index is 0.0901. The van der Waals surface area contributed by atoms with Crippen molar-refractivity contribution in [1.82, 2.24) is 10.2 Å². The van der Waals surface area contributed by atoms with Crippen molar-refractivity contribution in [1.29, 1.82) is 0 Å². The molecule has 0 bridgehead atoms. The molecule has 22 heavy (non-hydrogen) atoms. The molecule has 116 valence electrons. The fraction of sp³-hybridized carbons (Fsp3) is 0.267. The van der Waals surface area contributed by atoms with E-state index >= 15 is 0 Å². The highest BCUT2D eigenvalue weighted by molar-refractivity contribution is 5.89. The molecule has 2 N–H and O–H groups in total. The largest absolute Gasteiger partial charge is 0.336 e. The first-order chi connectivity index (χ1) is 10.4. The molecule has 0 fully saturated rings. The van der Waals surface area contributed by atoms with Crippen molar-refractivity contribution in [2.24, 2.45) is 5.92 Å². The molecule has 1 aromatic carbocycles. The fourth-order valence-electron chi connectivity index (χ4n) is 1.76. The highest BCUT2D eigenvalue weighted by atomic mass is 19.1. The molecule has 2 rings (SSSR count). The van der Waals surface area contributed by atoms with E-state index in [0.29, 0.717) is 12.2 Å². The van der Waals surface area contributed by atoms with Crippen LogP contribution in [0.1, 0.15) is 20.3 Å². The van der Waals surface area contributed by atoms with Gasteiger partial charge < -0.3 is 10.6 Å². The predicted molar refractivity (Wildman–Crippen MR) is 79.8 cm³/mol. The highest BCUT2D eigenvalue weighted by Crippen LogP contribution is 2.19. The number of amides is 1. The van der Waals surface area contributed by atoms with Gasteiger partial charge in [-0.1, -0.05) is 13.8 Å². The minimum Gasteiger partial charge on any atom is -0.336 e. The number of nitrogens with zero attached hydrogens (tertiary/aromatic N) is 2. The van der Waals surface area contributed by atoms with E-state index in [0.717, 1.165) is 12.1 Å². The lowest BCUT2D eigenvalue weighted by atomic mass is 10.1. The van der Waals surface area contributed by atoms with Crippen molar-refractivity contribution in [2.75, 3.05) is 10.6 Å². The van der Waals surface area contributed by atoms with Crippen LogP contribution in [0.3, 0.4) is 0 Å². The zero-order valence-corrected chi connectivity index (χ0v) is 12.2. The van der Waals surface area contributed by atoms with Crippen LogP contribution < -0.4 is 10.6 Å². The first-order valence-corrected chi connectivity index (χ1v) is 6.79. The molecule has 1 amide bonds. The summed E-state index contributed by atoms with van der Waals surface area (Å²) >= 11 is 0. The number of hydrogen-bond acceptors (Lipinski definition) is 4. The molecule has 0 saturated heterocycles. The number of aromatic nitrogens is 2. The summed E-state index contributed by atoms with van der Waals surface area (Å²) in [6.07, 6.45) is 0.391. The van der Waals surface area contributed by atoms with Gasteiger partial charge in [-0.15, -0.1) is 10.2 Å². The van der Waals surface area contributed by atoms with Crippen molar-refractivity contribution in [3.8, 4) is 0 Å². The maximum Gasteiger partial charge on any atom is 0.225 e. The molecular formula is C15H16F2N4O. The first kappa shape index (κ1) is 15.8. The molecule has 0 aliphatic heterocycles. The lowest BCUT2D eigenvalue weighted by Gasteiger charge is -2.08. The van der Waals surface area contributed by atoms with Gasteiger partial charge in [0.2, 0.25) is 5.91 Å². The van der Waals surface area contributed by atoms with E-state index in [1.807, 2.05) is 13.8 Å². The molecule has 5 nitrogen and oxygen atoms in total. The number of anilines is 3. The normalized spacial score (nSPS) is 10.6. The summed E-state index contributed by atoms with van der Waals surface area (Å²) in [5, 5.41) is 13.0. The predicted octanol–water partition coefficient (Wildman–Crippen LogP) is 3.48. The van der Waals surface area contributed by atoms with Crippen LogP contribution in [0.5, 0.6) is 0 Å². The van der Waals surface area contributed by atoms with Crippen LogP contribution in [-0.2, 0) is 4.79 Å². The SMILES string of the molecule is CC(C)CC(=O)Nc1ccc(Nc2ccc(F)cc2F)nn1. The number of carbonyl (C=O) groups excluding carboxylic acids is 1. The van der Waals surface area contributed by atoms with Gasteiger partial charge in [-0.3, -0.25) is 4.79 Å². The van der Waals surface area contributed by atoms with Gasteiger partial charge in [0.25, 0.3) is 0 Å². The highest BCUT2D eigenvalue weighted by Gasteiger charge is 2.08. The van der Waals surface area contributed by atoms with Crippen molar-refractivity contribution in [3.63, 3.8) is 0 Å². The minimum atomic E-state index is -0.726. The third-order valence-electron chi connectivity index (χ3n) is 2.72. The Hall–Kier alpha value is -2.57. The Bertz CT molecular complexity index is 659. The van der Waals surface area contributed by atoms with Crippen molar-refractivity contribution < 1.29 is 13.6 Å². The van der Waals surface area contributed by atoms with E-state index in [-0.39, 0.29) is 23.3 Å². The second-order valence-corrected chi connectivity index (χ2v) is 5.20. The van der Waals surface area contributed by atoms with Gasteiger partial charge in [0.15, 0.2) is 11.6 Å². The van der Waals surface area contributed by atoms with Gasteiger partial charge in [-0.25, -0.2) is 8.78 Å². The van der Waals surface area contributed by atoms with Crippen molar-refractivity contribution >= 4 is 23.2 Å². The molecule has 0 radical (unpaired) electrons. The average molecular weight is 306 g/mol. The molecule has 0 unspecified atom stereocenters. The Balaban J connectivity index is 2.01. The standard InChI is InChI=1S/C15H16F2N4O/c1-9(2)7-15(22)19-14-6-5-13(20-21-14)18-12-4-3-10(16)8-11(12)17/h3-6,8-9H,7H2,1-2H3,(H,18,20)(H,19,21,22). The lowest BCUT2D eigenvalue weighted by Crippen LogP contribution is -2.15. The number of rotatable bonds is 5. The van der Waals surface area contributed by atoms with Crippen LogP contribution in [0.4, 0.5) is 26.1 Å². The van der Waals surface area contributed by atoms with Crippen molar-refractivity contribution in [3.05, 3.63) is 42.0 Å². The second kappa shape index (κ2) is 6.93. The number of benzene rings is 1. The smallest absolute Gasteiger partial charge is 0.225 e. The summed E-state index contributed by atoms with van der Waals surface area (Å²) in [6, 6.07) is 6.27. The van der Waals surface area contributed by atoms with E-state index in [9.17, 15) is 13.6 Å². The summed E-state index contributed by atoms with van der Waals surface area (Å²) < 4.78 is 26.3. The Labute approximate surface area is 126 Å². The average Bonchev–Trinajstić information content (AvgIpc) is 2.43. The Morgan fingerprint density at radius 3 is 2.41 bits per heavy atom. The molecule has 0 aliphatic carbocycles. The van der Waals surface area contributed by atoms with E-state index in [1.165, 1.54) is 6.07 Å². The molecule has 7 heteroatoms. The monoisotopic (exact) mass is 306 g/mol. The summed E-state index contributed by atoms with van der Waals surface area (Å²) in [4.78, 5) is 11.6. The number of halogens is 2. The quantitative estimate of drug-likeness (QED) is 0.887. The molecule has 0 atom stereocenters. The molecule has 0 saturated carbocycles. The molecule has 1 heterocycles. The topological polar surface area (TPSA) is 66.9 Å². The zero-order valence-electron chi connectivity index (χ0n) is 12.2. The summed E-state index contributed by atoms with van der Waals surface area (Å²) in [6.45, 7) is 3.88. The molecule has 0 spiro atoms. The van der Waals surface area contributed by atoms with Crippen LogP contribution in [0.2, 0.25) is 0 Å². The molecule has 2 aromatic rings. The van der Waals surface area contributed by atoms with Gasteiger partial charge in [0.05, 0.1) is 5.69 Å². The Kier molecular flexibility index (Phi) is 4.98. The third kappa shape index (κ3) is 4.47. The van der Waals surface area contributed by atoms with Gasteiger partial charge in [-0.2, -0.15) is 0 Å². The van der Waals surface area contributed by atoms with E-state index < -0.39 is 11.6 Å². The van der Waals surface area contributed by atoms with Gasteiger partial charge >= 0.3 is 0 Å². The van der Waals surface area contributed by atoms with Crippen LogP contribution in [0, 0.1) is 17.6 Å². The fourth-order valence-corrected chi connectivity index (χ4v) is 1.76. The maximum absolute atomic E-state index is 13.5. The summed E-state index contributed by atoms with van der Waals surface area (Å²) in [7, 11) is 0. The van der Waals surface area contributed by atoms with E-state index in [1.54, 1.807) is 12.1 Å². The van der Waals surface area contributed by atoms with Gasteiger partial charge in [0.1, 0.15) is 11.6 Å². The van der Waals surface area contributed by atoms with Crippen LogP contribution in [0.25, 0.3) is 0 Å². The van der Waals surface area contributed by atoms with Crippen LogP contribution in [-0.4, -0.2) is 16.1 Å². The first-order valence-electron chi connectivity index (χ1n) is 6.79. The summed E-state index contributed by atoms with van der Waals surface area (Å²) in [5.41, 5.74) is 0.0901.